The second kappa shape index (κ2) is 8.70. The molecule has 1 aliphatic carbocycles. The first kappa shape index (κ1) is 22.2. The van der Waals surface area contributed by atoms with Crippen LogP contribution in [0.4, 0.5) is 32.0 Å². The summed E-state index contributed by atoms with van der Waals surface area (Å²) in [6.45, 7) is 0. The molecular weight excluding hydrogens is 408 g/mol. The van der Waals surface area contributed by atoms with Gasteiger partial charge in [-0.3, -0.25) is 4.79 Å². The van der Waals surface area contributed by atoms with Crippen molar-refractivity contribution in [1.82, 2.24) is 0 Å². The highest BCUT2D eigenvalue weighted by molar-refractivity contribution is 5.92. The number of amides is 1. The Balaban J connectivity index is 1.71. The van der Waals surface area contributed by atoms with Crippen LogP contribution in [-0.2, 0) is 23.6 Å². The molecule has 1 fully saturated rings. The molecule has 1 saturated carbocycles. The molecule has 0 radical (unpaired) electrons. The summed E-state index contributed by atoms with van der Waals surface area (Å²) in [7, 11) is 0. The summed E-state index contributed by atoms with van der Waals surface area (Å²) in [6.07, 6.45) is -4.66. The third-order valence-corrected chi connectivity index (χ3v) is 5.28. The van der Waals surface area contributed by atoms with Crippen molar-refractivity contribution in [3.05, 3.63) is 64.7 Å². The Hall–Kier alpha value is -2.51. The number of carbonyl (C=O) groups is 1. The highest BCUT2D eigenvalue weighted by atomic mass is 19.4. The van der Waals surface area contributed by atoms with E-state index in [1.165, 1.54) is 24.8 Å². The molecule has 0 bridgehead atoms. The van der Waals surface area contributed by atoms with Gasteiger partial charge < -0.3 is 5.32 Å². The van der Waals surface area contributed by atoms with Crippen molar-refractivity contribution in [1.29, 1.82) is 0 Å². The smallest absolute Gasteiger partial charge is 0.326 e. The Labute approximate surface area is 170 Å². The number of hydrogen-bond acceptors (Lipinski definition) is 1. The van der Waals surface area contributed by atoms with E-state index in [2.05, 4.69) is 5.32 Å². The average molecular weight is 429 g/mol. The van der Waals surface area contributed by atoms with Crippen LogP contribution in [0.3, 0.4) is 0 Å². The van der Waals surface area contributed by atoms with Gasteiger partial charge in [0.05, 0.1) is 17.5 Å². The molecule has 30 heavy (non-hydrogen) atoms. The lowest BCUT2D eigenvalue weighted by Gasteiger charge is -2.22. The molecule has 8 heteroatoms. The first-order chi connectivity index (χ1) is 14.0. The van der Waals surface area contributed by atoms with Gasteiger partial charge in [-0.2, -0.15) is 26.3 Å². The molecule has 2 aromatic rings. The van der Waals surface area contributed by atoms with E-state index in [-0.39, 0.29) is 11.6 Å². The lowest BCUT2D eigenvalue weighted by molar-refractivity contribution is -0.143. The lowest BCUT2D eigenvalue weighted by atomic mass is 9.84. The fourth-order valence-corrected chi connectivity index (χ4v) is 3.79. The third-order valence-electron chi connectivity index (χ3n) is 5.28. The van der Waals surface area contributed by atoms with Gasteiger partial charge in [-0.15, -0.1) is 0 Å². The normalized spacial score (nSPS) is 15.8. The van der Waals surface area contributed by atoms with Gasteiger partial charge in [-0.1, -0.05) is 31.4 Å². The number of nitrogens with one attached hydrogen (secondary N) is 1. The van der Waals surface area contributed by atoms with Crippen LogP contribution in [0.5, 0.6) is 0 Å². The van der Waals surface area contributed by atoms with Gasteiger partial charge >= 0.3 is 12.4 Å². The van der Waals surface area contributed by atoms with Crippen LogP contribution >= 0.6 is 0 Å². The second-order valence-electron chi connectivity index (χ2n) is 7.60. The summed E-state index contributed by atoms with van der Waals surface area (Å²) in [5.41, 5.74) is -1.61. The van der Waals surface area contributed by atoms with Crippen LogP contribution in [0, 0.1) is 0 Å². The third kappa shape index (κ3) is 5.77. The number of benzene rings is 2. The summed E-state index contributed by atoms with van der Waals surface area (Å²) in [6, 6.07) is 8.40. The van der Waals surface area contributed by atoms with Crippen LogP contribution in [0.25, 0.3) is 0 Å². The monoisotopic (exact) mass is 429 g/mol. The van der Waals surface area contributed by atoms with Crippen molar-refractivity contribution in [3.8, 4) is 0 Å². The van der Waals surface area contributed by atoms with E-state index in [1.54, 1.807) is 12.1 Å². The zero-order valence-electron chi connectivity index (χ0n) is 16.0. The Bertz CT molecular complexity index is 848. The Morgan fingerprint density at radius 2 is 1.37 bits per heavy atom. The molecular formula is C22H21F6NO. The van der Waals surface area contributed by atoms with Gasteiger partial charge in [0.25, 0.3) is 0 Å². The SMILES string of the molecule is O=C(Cc1cc(C(F)(F)F)cc(C(F)(F)F)c1)Nc1ccc(C2CCCCC2)cc1. The molecule has 0 heterocycles. The summed E-state index contributed by atoms with van der Waals surface area (Å²) >= 11 is 0. The van der Waals surface area contributed by atoms with E-state index in [9.17, 15) is 31.1 Å². The van der Waals surface area contributed by atoms with Crippen LogP contribution < -0.4 is 5.32 Å². The van der Waals surface area contributed by atoms with Gasteiger partial charge in [-0.05, 0) is 60.2 Å². The molecule has 2 aromatic carbocycles. The molecule has 0 atom stereocenters. The first-order valence-corrected chi connectivity index (χ1v) is 9.70. The molecule has 0 aromatic heterocycles. The summed E-state index contributed by atoms with van der Waals surface area (Å²) < 4.78 is 77.7. The highest BCUT2D eigenvalue weighted by Crippen LogP contribution is 2.36. The van der Waals surface area contributed by atoms with Gasteiger partial charge in [0.1, 0.15) is 0 Å². The average Bonchev–Trinajstić information content (AvgIpc) is 2.67. The predicted molar refractivity (Wildman–Crippen MR) is 101 cm³/mol. The number of alkyl halides is 6. The van der Waals surface area contributed by atoms with Gasteiger partial charge in [0.2, 0.25) is 5.91 Å². The van der Waals surface area contributed by atoms with Crippen molar-refractivity contribution < 1.29 is 31.1 Å². The molecule has 1 N–H and O–H groups in total. The number of rotatable bonds is 4. The highest BCUT2D eigenvalue weighted by Gasteiger charge is 2.37. The first-order valence-electron chi connectivity index (χ1n) is 9.70. The maximum atomic E-state index is 12.9. The van der Waals surface area contributed by atoms with Crippen LogP contribution in [-0.4, -0.2) is 5.91 Å². The van der Waals surface area contributed by atoms with Crippen LogP contribution in [0.2, 0.25) is 0 Å². The molecule has 0 saturated heterocycles. The second-order valence-corrected chi connectivity index (χ2v) is 7.60. The van der Waals surface area contributed by atoms with E-state index in [1.807, 2.05) is 12.1 Å². The summed E-state index contributed by atoms with van der Waals surface area (Å²) in [5, 5.41) is 2.54. The topological polar surface area (TPSA) is 29.1 Å². The minimum absolute atomic E-state index is 0.0470. The number of hydrogen-bond donors (Lipinski definition) is 1. The van der Waals surface area contributed by atoms with Crippen molar-refractivity contribution in [2.75, 3.05) is 5.32 Å². The maximum Gasteiger partial charge on any atom is 0.416 e. The molecule has 0 aliphatic heterocycles. The van der Waals surface area contributed by atoms with Crippen molar-refractivity contribution >= 4 is 11.6 Å². The quantitative estimate of drug-likeness (QED) is 0.524. The molecule has 162 valence electrons. The fourth-order valence-electron chi connectivity index (χ4n) is 3.79. The minimum Gasteiger partial charge on any atom is -0.326 e. The van der Waals surface area contributed by atoms with Crippen LogP contribution in [0.1, 0.15) is 60.3 Å². The van der Waals surface area contributed by atoms with Crippen molar-refractivity contribution in [3.63, 3.8) is 0 Å². The lowest BCUT2D eigenvalue weighted by Crippen LogP contribution is -2.17. The van der Waals surface area contributed by atoms with Crippen LogP contribution in [0.15, 0.2) is 42.5 Å². The standard InChI is InChI=1S/C22H21F6NO/c23-21(24,25)17-10-14(11-18(13-17)22(26,27)28)12-20(30)29-19-8-6-16(7-9-19)15-4-2-1-3-5-15/h6-11,13,15H,1-5,12H2,(H,29,30). The summed E-state index contributed by atoms with van der Waals surface area (Å²) in [4.78, 5) is 12.2. The van der Waals surface area contributed by atoms with E-state index >= 15 is 0 Å². The van der Waals surface area contributed by atoms with E-state index in [4.69, 9.17) is 0 Å². The molecule has 0 spiro atoms. The van der Waals surface area contributed by atoms with Crippen molar-refractivity contribution in [2.24, 2.45) is 0 Å². The maximum absolute atomic E-state index is 12.9. The molecule has 3 rings (SSSR count). The zero-order chi connectivity index (χ0) is 21.9. The van der Waals surface area contributed by atoms with Gasteiger partial charge in [0, 0.05) is 5.69 Å². The Kier molecular flexibility index (Phi) is 6.43. The van der Waals surface area contributed by atoms with E-state index in [0.29, 0.717) is 23.7 Å². The van der Waals surface area contributed by atoms with Gasteiger partial charge in [-0.25, -0.2) is 0 Å². The van der Waals surface area contributed by atoms with E-state index in [0.717, 1.165) is 12.8 Å². The van der Waals surface area contributed by atoms with Crippen molar-refractivity contribution in [2.45, 2.75) is 56.8 Å². The predicted octanol–water partition coefficient (Wildman–Crippen LogP) is 6.95. The fraction of sp³-hybridized carbons (Fsp3) is 0.409. The molecule has 2 nitrogen and oxygen atoms in total. The number of carbonyl (C=O) groups excluding carboxylic acids is 1. The Morgan fingerprint density at radius 3 is 1.87 bits per heavy atom. The van der Waals surface area contributed by atoms with E-state index < -0.39 is 35.8 Å². The number of anilines is 1. The summed E-state index contributed by atoms with van der Waals surface area (Å²) in [5.74, 6) is -0.206. The largest absolute Gasteiger partial charge is 0.416 e. The Morgan fingerprint density at radius 1 is 0.833 bits per heavy atom. The molecule has 1 amide bonds. The minimum atomic E-state index is -4.94. The zero-order valence-corrected chi connectivity index (χ0v) is 16.0. The van der Waals surface area contributed by atoms with Gasteiger partial charge in [0.15, 0.2) is 0 Å². The molecule has 0 unspecified atom stereocenters. The number of halogens is 6. The molecule has 1 aliphatic rings.